The van der Waals surface area contributed by atoms with Crippen molar-refractivity contribution in [1.82, 2.24) is 32.1 Å². The molecule has 0 bridgehead atoms. The van der Waals surface area contributed by atoms with Gasteiger partial charge in [-0.25, -0.2) is 14.4 Å². The number of hydrogen-bond donors (Lipinski definition) is 10. The molecule has 226 valence electrons. The van der Waals surface area contributed by atoms with Gasteiger partial charge in [0.25, 0.3) is 0 Å². The van der Waals surface area contributed by atoms with Crippen LogP contribution >= 0.6 is 11.8 Å². The smallest absolute Gasteiger partial charge is 0.346 e. The van der Waals surface area contributed by atoms with Gasteiger partial charge in [0, 0.05) is 30.3 Å². The van der Waals surface area contributed by atoms with Crippen LogP contribution in [-0.4, -0.2) is 110 Å². The van der Waals surface area contributed by atoms with Crippen molar-refractivity contribution >= 4 is 47.5 Å². The largest absolute Gasteiger partial charge is 0.462 e. The molecule has 0 aromatic rings. The highest BCUT2D eigenvalue weighted by Gasteiger charge is 2.71. The molecule has 5 rings (SSSR count). The maximum atomic E-state index is 12.3. The molecular weight excluding hydrogens is 560 g/mol. The summed E-state index contributed by atoms with van der Waals surface area (Å²) in [6, 6.07) is -1.37. The third kappa shape index (κ3) is 5.67. The molecule has 3 fully saturated rings. The van der Waals surface area contributed by atoms with Gasteiger partial charge in [-0.1, -0.05) is 6.42 Å². The van der Waals surface area contributed by atoms with Crippen LogP contribution in [0.15, 0.2) is 4.99 Å². The molecule has 5 heterocycles. The summed E-state index contributed by atoms with van der Waals surface area (Å²) in [5.74, 6) is -2.70. The molecule has 5 aliphatic heterocycles. The summed E-state index contributed by atoms with van der Waals surface area (Å²) < 4.78 is 6.87. The van der Waals surface area contributed by atoms with Crippen molar-refractivity contribution in [3.63, 3.8) is 0 Å². The predicted molar refractivity (Wildman–Crippen MR) is 145 cm³/mol. The van der Waals surface area contributed by atoms with E-state index in [1.807, 2.05) is 11.8 Å². The number of hydrogen-bond acceptors (Lipinski definition) is 13. The summed E-state index contributed by atoms with van der Waals surface area (Å²) in [5.41, 5.74) is 15.1. The Hall–Kier alpha value is -3.51. The number of nitrogens with zero attached hydrogens (tertiary/aromatic N) is 2. The van der Waals surface area contributed by atoms with Crippen molar-refractivity contribution in [1.29, 1.82) is 0 Å². The lowest BCUT2D eigenvalue weighted by Gasteiger charge is -2.42. The van der Waals surface area contributed by atoms with Gasteiger partial charge >= 0.3 is 18.0 Å². The van der Waals surface area contributed by atoms with Crippen LogP contribution in [0.3, 0.4) is 0 Å². The number of rotatable bonds is 10. The number of aliphatic imine (C=N–C) groups is 1. The Labute approximate surface area is 239 Å². The highest BCUT2D eigenvalue weighted by atomic mass is 32.2. The molecule has 5 aliphatic rings. The molecule has 0 radical (unpaired) electrons. The minimum Gasteiger partial charge on any atom is -0.462 e. The van der Waals surface area contributed by atoms with Crippen LogP contribution < -0.4 is 43.6 Å². The molecule has 0 aromatic heterocycles. The molecule has 0 saturated carbocycles. The molecule has 18 heteroatoms. The summed E-state index contributed by atoms with van der Waals surface area (Å²) >= 11 is 1.82. The number of thioether (sulfide) groups is 1. The normalized spacial score (nSPS) is 32.4. The summed E-state index contributed by atoms with van der Waals surface area (Å²) in [6.07, 6.45) is 2.12. The zero-order chi connectivity index (χ0) is 29.4. The second-order valence-electron chi connectivity index (χ2n) is 10.9. The fraction of sp³-hybridized carbons (Fsp3) is 0.739. The van der Waals surface area contributed by atoms with E-state index in [1.54, 1.807) is 4.58 Å². The molecule has 0 aromatic carbocycles. The van der Waals surface area contributed by atoms with E-state index in [2.05, 4.69) is 37.1 Å². The molecule has 12 N–H and O–H groups in total. The highest BCUT2D eigenvalue weighted by Crippen LogP contribution is 2.41. The number of unbranched alkanes of at least 4 members (excludes halogenated alkanes) is 1. The van der Waals surface area contributed by atoms with E-state index >= 15 is 0 Å². The van der Waals surface area contributed by atoms with Crippen LogP contribution in [-0.2, 0) is 19.1 Å². The molecule has 4 amide bonds. The van der Waals surface area contributed by atoms with Crippen molar-refractivity contribution in [3.05, 3.63) is 0 Å². The molecule has 6 atom stereocenters. The first kappa shape index (κ1) is 29.0. The van der Waals surface area contributed by atoms with Crippen LogP contribution in [0.25, 0.3) is 0 Å². The van der Waals surface area contributed by atoms with Crippen LogP contribution in [0.4, 0.5) is 4.79 Å². The molecule has 41 heavy (non-hydrogen) atoms. The second-order valence-corrected chi connectivity index (χ2v) is 12.1. The number of guanidine groups is 2. The minimum absolute atomic E-state index is 0.000924. The second kappa shape index (κ2) is 11.4. The van der Waals surface area contributed by atoms with E-state index in [-0.39, 0.29) is 74.8 Å². The van der Waals surface area contributed by atoms with Gasteiger partial charge in [-0.2, -0.15) is 11.8 Å². The number of carbonyl (C=O) groups excluding carboxylic acids is 4. The van der Waals surface area contributed by atoms with Crippen molar-refractivity contribution in [3.8, 4) is 0 Å². The molecule has 3 saturated heterocycles. The molecule has 17 nitrogen and oxygen atoms in total. The number of ether oxygens (including phenoxy) is 1. The molecule has 0 aliphatic carbocycles. The Balaban J connectivity index is 0.976. The van der Waals surface area contributed by atoms with Crippen LogP contribution in [0.5, 0.6) is 0 Å². The van der Waals surface area contributed by atoms with Crippen molar-refractivity contribution in [2.45, 2.75) is 85.8 Å². The van der Waals surface area contributed by atoms with Crippen molar-refractivity contribution in [2.75, 3.05) is 18.9 Å². The van der Waals surface area contributed by atoms with Crippen molar-refractivity contribution in [2.24, 2.45) is 16.5 Å². The van der Waals surface area contributed by atoms with Gasteiger partial charge in [0.05, 0.1) is 25.0 Å². The fourth-order valence-electron chi connectivity index (χ4n) is 6.14. The third-order valence-electron chi connectivity index (χ3n) is 8.15. The van der Waals surface area contributed by atoms with E-state index in [4.69, 9.17) is 16.2 Å². The lowest BCUT2D eigenvalue weighted by Crippen LogP contribution is -2.77. The third-order valence-corrected chi connectivity index (χ3v) is 9.66. The first-order chi connectivity index (χ1) is 19.5. The minimum atomic E-state index is -2.19. The Bertz CT molecular complexity index is 1170. The van der Waals surface area contributed by atoms with Gasteiger partial charge in [0.15, 0.2) is 12.0 Å². The van der Waals surface area contributed by atoms with E-state index in [0.717, 1.165) is 18.6 Å². The quantitative estimate of drug-likeness (QED) is 0.0286. The van der Waals surface area contributed by atoms with Crippen LogP contribution in [0.1, 0.15) is 44.9 Å². The summed E-state index contributed by atoms with van der Waals surface area (Å²) in [4.78, 5) is 52.3. The van der Waals surface area contributed by atoms with Gasteiger partial charge < -0.3 is 36.6 Å². The number of esters is 1. The Morgan fingerprint density at radius 1 is 1.10 bits per heavy atom. The predicted octanol–water partition coefficient (Wildman–Crippen LogP) is -4.45. The number of fused-ring (bicyclic) bond motifs is 1. The zero-order valence-electron chi connectivity index (χ0n) is 22.4. The Morgan fingerprint density at radius 3 is 2.63 bits per heavy atom. The number of amides is 4. The van der Waals surface area contributed by atoms with E-state index < -0.39 is 35.4 Å². The maximum Gasteiger partial charge on any atom is 0.346 e. The Morgan fingerprint density at radius 2 is 1.85 bits per heavy atom. The van der Waals surface area contributed by atoms with Crippen molar-refractivity contribution < 1.29 is 38.7 Å². The van der Waals surface area contributed by atoms with Gasteiger partial charge in [-0.15, -0.1) is 0 Å². The first-order valence-corrected chi connectivity index (χ1v) is 14.7. The van der Waals surface area contributed by atoms with Gasteiger partial charge in [0.1, 0.15) is 12.6 Å². The standard InChI is InChI=1S/C23H36N10O7S/c24-19-29-18-11(26-20(25)33-8-7-22(38,39)23(18,33)30-19)9-40-16(36)6-5-15(35)32-31-14(34)4-2-1-3-13-17-12(10-41-13)27-21(37)28-17/h11-13,17-18,38-39H,1-10H2,(H9,24,25,26,27,28,29,30,31,32,34,35,37)/p+1. The van der Waals surface area contributed by atoms with E-state index in [1.165, 1.54) is 0 Å². The summed E-state index contributed by atoms with van der Waals surface area (Å²) in [7, 11) is 0. The SMILES string of the molecule is NC1=NC2C(COC(=O)CCC(=O)NNC(=O)CCCCC3SCC4NC(=O)NC43)NC(N)=[N+]3CCC(O)(O)C23N1. The lowest BCUT2D eigenvalue weighted by molar-refractivity contribution is -0.623. The number of nitrogens with two attached hydrogens (primary N) is 2. The summed E-state index contributed by atoms with van der Waals surface area (Å²) in [5, 5.41) is 33.4. The number of carbonyl (C=O) groups is 4. The average molecular weight is 598 g/mol. The monoisotopic (exact) mass is 597 g/mol. The molecule has 6 unspecified atom stereocenters. The zero-order valence-corrected chi connectivity index (χ0v) is 23.2. The van der Waals surface area contributed by atoms with E-state index in [0.29, 0.717) is 11.7 Å². The summed E-state index contributed by atoms with van der Waals surface area (Å²) in [6.45, 7) is 0.0336. The first-order valence-electron chi connectivity index (χ1n) is 13.6. The van der Waals surface area contributed by atoms with E-state index in [9.17, 15) is 29.4 Å². The maximum absolute atomic E-state index is 12.3. The lowest BCUT2D eigenvalue weighted by atomic mass is 9.87. The van der Waals surface area contributed by atoms with Gasteiger partial charge in [0.2, 0.25) is 23.3 Å². The average Bonchev–Trinajstić information content (AvgIpc) is 3.64. The highest BCUT2D eigenvalue weighted by molar-refractivity contribution is 8.00. The molecular formula is C23H37N10O7S+. The topological polar surface area (TPSA) is 258 Å². The van der Waals surface area contributed by atoms with Gasteiger partial charge in [-0.3, -0.25) is 36.3 Å². The van der Waals surface area contributed by atoms with Crippen LogP contribution in [0, 0.1) is 0 Å². The number of aliphatic hydroxyl groups is 2. The van der Waals surface area contributed by atoms with Gasteiger partial charge in [-0.05, 0) is 12.8 Å². The molecule has 1 spiro atoms. The fourth-order valence-corrected chi connectivity index (χ4v) is 7.68. The Kier molecular flexibility index (Phi) is 8.06. The number of nitrogens with one attached hydrogen (secondary N) is 6. The number of urea groups is 1. The number of hydrazine groups is 1. The van der Waals surface area contributed by atoms with Crippen LogP contribution in [0.2, 0.25) is 0 Å².